The van der Waals surface area contributed by atoms with Gasteiger partial charge in [0.2, 0.25) is 0 Å². The third-order valence-corrected chi connectivity index (χ3v) is 5.58. The predicted octanol–water partition coefficient (Wildman–Crippen LogP) is 2.42. The van der Waals surface area contributed by atoms with Crippen molar-refractivity contribution in [2.45, 2.75) is 58.5 Å². The van der Waals surface area contributed by atoms with Gasteiger partial charge in [-0.2, -0.15) is 0 Å². The van der Waals surface area contributed by atoms with Gasteiger partial charge in [0, 0.05) is 63.1 Å². The molecule has 1 unspecified atom stereocenters. The van der Waals surface area contributed by atoms with Crippen LogP contribution in [0.25, 0.3) is 0 Å². The van der Waals surface area contributed by atoms with E-state index in [9.17, 15) is 0 Å². The number of nitrogens with zero attached hydrogens (tertiary/aromatic N) is 5. The molecule has 0 aliphatic carbocycles. The quantitative estimate of drug-likeness (QED) is 0.800. The maximum absolute atomic E-state index is 4.53. The fourth-order valence-corrected chi connectivity index (χ4v) is 3.92. The van der Waals surface area contributed by atoms with Crippen molar-refractivity contribution in [2.75, 3.05) is 44.2 Å². The topological polar surface area (TPSA) is 35.5 Å². The van der Waals surface area contributed by atoms with Crippen LogP contribution < -0.4 is 4.90 Å². The Bertz CT molecular complexity index is 510. The molecule has 3 rings (SSSR count). The van der Waals surface area contributed by atoms with Gasteiger partial charge in [0.05, 0.1) is 0 Å². The number of rotatable bonds is 6. The van der Waals surface area contributed by atoms with Crippen molar-refractivity contribution in [1.29, 1.82) is 0 Å². The monoisotopic (exact) mass is 331 g/mol. The first-order chi connectivity index (χ1) is 11.7. The van der Waals surface area contributed by atoms with Crippen molar-refractivity contribution in [3.63, 3.8) is 0 Å². The maximum atomic E-state index is 4.53. The number of anilines is 1. The Hall–Kier alpha value is -1.20. The van der Waals surface area contributed by atoms with Crippen LogP contribution in [0.1, 0.15) is 45.7 Å². The molecular formula is C19H33N5. The normalized spacial score (nSPS) is 23.3. The summed E-state index contributed by atoms with van der Waals surface area (Å²) in [4.78, 5) is 16.7. The van der Waals surface area contributed by atoms with E-state index < -0.39 is 0 Å². The smallest absolute Gasteiger partial charge is 0.132 e. The summed E-state index contributed by atoms with van der Waals surface area (Å²) < 4.78 is 0. The molecule has 0 radical (unpaired) electrons. The number of hydrogen-bond acceptors (Lipinski definition) is 5. The molecule has 2 fully saturated rings. The summed E-state index contributed by atoms with van der Waals surface area (Å²) in [6.07, 6.45) is 6.50. The Morgan fingerprint density at radius 3 is 2.62 bits per heavy atom. The molecule has 2 aliphatic rings. The molecule has 24 heavy (non-hydrogen) atoms. The number of hydrogen-bond donors (Lipinski definition) is 0. The van der Waals surface area contributed by atoms with E-state index in [1.807, 2.05) is 0 Å². The van der Waals surface area contributed by atoms with E-state index in [0.717, 1.165) is 25.3 Å². The van der Waals surface area contributed by atoms with Gasteiger partial charge in [0.1, 0.15) is 12.1 Å². The van der Waals surface area contributed by atoms with Gasteiger partial charge in [-0.25, -0.2) is 9.97 Å². The minimum absolute atomic E-state index is 0.676. The van der Waals surface area contributed by atoms with Crippen LogP contribution in [0.5, 0.6) is 0 Å². The zero-order chi connectivity index (χ0) is 16.9. The van der Waals surface area contributed by atoms with Gasteiger partial charge in [-0.15, -0.1) is 0 Å². The van der Waals surface area contributed by atoms with Gasteiger partial charge in [-0.05, 0) is 33.1 Å². The van der Waals surface area contributed by atoms with Gasteiger partial charge in [-0.3, -0.25) is 9.80 Å². The van der Waals surface area contributed by atoms with Crippen molar-refractivity contribution in [2.24, 2.45) is 0 Å². The van der Waals surface area contributed by atoms with Crippen molar-refractivity contribution in [1.82, 2.24) is 19.8 Å². The van der Waals surface area contributed by atoms with Crippen LogP contribution in [0.15, 0.2) is 12.4 Å². The lowest BCUT2D eigenvalue weighted by Crippen LogP contribution is -2.52. The summed E-state index contributed by atoms with van der Waals surface area (Å²) in [5.41, 5.74) is 1.19. The molecular weight excluding hydrogens is 298 g/mol. The Balaban J connectivity index is 1.54. The van der Waals surface area contributed by atoms with E-state index >= 15 is 0 Å². The van der Waals surface area contributed by atoms with Crippen molar-refractivity contribution in [3.8, 4) is 0 Å². The van der Waals surface area contributed by atoms with Gasteiger partial charge in [0.15, 0.2) is 0 Å². The lowest BCUT2D eigenvalue weighted by Gasteiger charge is -2.39. The maximum Gasteiger partial charge on any atom is 0.132 e. The number of aryl methyl sites for hydroxylation is 1. The Kier molecular flexibility index (Phi) is 6.06. The molecule has 1 aromatic heterocycles. The summed E-state index contributed by atoms with van der Waals surface area (Å²) in [6, 6.07) is 3.57. The van der Waals surface area contributed by atoms with Gasteiger partial charge in [-0.1, -0.05) is 13.3 Å². The largest absolute Gasteiger partial charge is 0.355 e. The molecule has 0 N–H and O–H groups in total. The first-order valence-electron chi connectivity index (χ1n) is 9.71. The van der Waals surface area contributed by atoms with Crippen molar-refractivity contribution in [3.05, 3.63) is 18.1 Å². The van der Waals surface area contributed by atoms with Crippen LogP contribution in [0.3, 0.4) is 0 Å². The second-order valence-corrected chi connectivity index (χ2v) is 7.53. The number of unbranched alkanes of at least 4 members (excludes halogenated alkanes) is 1. The summed E-state index contributed by atoms with van der Waals surface area (Å²) in [5.74, 6) is 1.12. The van der Waals surface area contributed by atoms with Crippen LogP contribution >= 0.6 is 0 Å². The second kappa shape index (κ2) is 8.26. The third kappa shape index (κ3) is 4.25. The fraction of sp³-hybridized carbons (Fsp3) is 0.789. The summed E-state index contributed by atoms with van der Waals surface area (Å²) in [7, 11) is 0. The molecule has 3 heterocycles. The molecule has 0 spiro atoms. The molecule has 0 amide bonds. The van der Waals surface area contributed by atoms with E-state index in [2.05, 4.69) is 51.5 Å². The van der Waals surface area contributed by atoms with Gasteiger partial charge < -0.3 is 4.90 Å². The Labute approximate surface area is 147 Å². The van der Waals surface area contributed by atoms with E-state index in [0.29, 0.717) is 12.1 Å². The molecule has 0 saturated carbocycles. The number of aromatic nitrogens is 2. The first-order valence-corrected chi connectivity index (χ1v) is 9.71. The average molecular weight is 332 g/mol. The van der Waals surface area contributed by atoms with Crippen LogP contribution in [-0.4, -0.2) is 71.1 Å². The van der Waals surface area contributed by atoms with E-state index in [-0.39, 0.29) is 0 Å². The van der Waals surface area contributed by atoms with Gasteiger partial charge >= 0.3 is 0 Å². The molecule has 0 bridgehead atoms. The molecule has 2 saturated heterocycles. The van der Waals surface area contributed by atoms with Crippen LogP contribution in [0, 0.1) is 0 Å². The van der Waals surface area contributed by atoms with Crippen LogP contribution in [0.2, 0.25) is 0 Å². The predicted molar refractivity (Wildman–Crippen MR) is 99.5 cm³/mol. The highest BCUT2D eigenvalue weighted by atomic mass is 15.3. The van der Waals surface area contributed by atoms with Crippen LogP contribution in [-0.2, 0) is 6.42 Å². The molecule has 5 nitrogen and oxygen atoms in total. The highest BCUT2D eigenvalue weighted by Crippen LogP contribution is 2.23. The summed E-state index contributed by atoms with van der Waals surface area (Å²) in [5, 5.41) is 0. The second-order valence-electron chi connectivity index (χ2n) is 7.53. The SMILES string of the molecule is CCCCc1cc(N2CCC(N3CCN(C(C)C)CC3)C2)ncn1. The van der Waals surface area contributed by atoms with Crippen molar-refractivity contribution < 1.29 is 0 Å². The minimum atomic E-state index is 0.676. The first kappa shape index (κ1) is 17.6. The fourth-order valence-electron chi connectivity index (χ4n) is 3.92. The molecule has 2 aliphatic heterocycles. The highest BCUT2D eigenvalue weighted by molar-refractivity contribution is 5.40. The van der Waals surface area contributed by atoms with E-state index in [1.165, 1.54) is 51.1 Å². The Morgan fingerprint density at radius 2 is 1.92 bits per heavy atom. The lowest BCUT2D eigenvalue weighted by atomic mass is 10.1. The molecule has 0 aromatic carbocycles. The lowest BCUT2D eigenvalue weighted by molar-refractivity contribution is 0.0842. The zero-order valence-corrected chi connectivity index (χ0v) is 15.6. The zero-order valence-electron chi connectivity index (χ0n) is 15.6. The van der Waals surface area contributed by atoms with E-state index in [1.54, 1.807) is 6.33 Å². The molecule has 5 heteroatoms. The summed E-state index contributed by atoms with van der Waals surface area (Å²) in [6.45, 7) is 13.9. The average Bonchev–Trinajstić information content (AvgIpc) is 3.10. The van der Waals surface area contributed by atoms with E-state index in [4.69, 9.17) is 0 Å². The van der Waals surface area contributed by atoms with Crippen LogP contribution in [0.4, 0.5) is 5.82 Å². The highest BCUT2D eigenvalue weighted by Gasteiger charge is 2.31. The molecule has 134 valence electrons. The summed E-state index contributed by atoms with van der Waals surface area (Å²) >= 11 is 0. The molecule has 1 atom stereocenters. The van der Waals surface area contributed by atoms with Gasteiger partial charge in [0.25, 0.3) is 0 Å². The van der Waals surface area contributed by atoms with Crippen molar-refractivity contribution >= 4 is 5.82 Å². The Morgan fingerprint density at radius 1 is 1.12 bits per heavy atom. The number of piperazine rings is 1. The third-order valence-electron chi connectivity index (χ3n) is 5.58. The molecule has 1 aromatic rings. The standard InChI is InChI=1S/C19H33N5/c1-4-5-6-17-13-19(21-15-20-17)24-8-7-18(14-24)23-11-9-22(10-12-23)16(2)3/h13,15-16,18H,4-12,14H2,1-3H3. The minimum Gasteiger partial charge on any atom is -0.355 e.